The zero-order valence-corrected chi connectivity index (χ0v) is 16.5. The molecule has 0 aromatic heterocycles. The molecule has 0 saturated heterocycles. The number of nitro groups is 1. The van der Waals surface area contributed by atoms with E-state index in [4.69, 9.17) is 4.74 Å². The molecule has 2 aromatic rings. The summed E-state index contributed by atoms with van der Waals surface area (Å²) in [4.78, 5) is 22.5. The topological polar surface area (TPSA) is 109 Å². The first-order chi connectivity index (χ1) is 14.1. The molecule has 1 aliphatic rings. The molecule has 1 heterocycles. The van der Waals surface area contributed by atoms with E-state index in [0.29, 0.717) is 24.6 Å². The first kappa shape index (κ1) is 21.7. The molecule has 29 heavy (non-hydrogen) atoms. The molecule has 154 valence electrons. The molecule has 0 bridgehead atoms. The van der Waals surface area contributed by atoms with E-state index in [-0.39, 0.29) is 10.6 Å². The summed E-state index contributed by atoms with van der Waals surface area (Å²) in [6, 6.07) is 14.8. The molecule has 0 radical (unpaired) electrons. The van der Waals surface area contributed by atoms with Crippen molar-refractivity contribution in [2.75, 3.05) is 25.1 Å². The lowest BCUT2D eigenvalue weighted by Crippen LogP contribution is -2.32. The highest BCUT2D eigenvalue weighted by atomic mass is 16.6. The number of hydrazone groups is 1. The number of benzene rings is 2. The lowest BCUT2D eigenvalue weighted by molar-refractivity contribution is -0.384. The first-order valence-corrected chi connectivity index (χ1v) is 9.22. The molecule has 9 heteroatoms. The Morgan fingerprint density at radius 2 is 2.07 bits per heavy atom. The maximum absolute atomic E-state index is 10.9. The van der Waals surface area contributed by atoms with Gasteiger partial charge in [-0.25, -0.2) is 0 Å². The van der Waals surface area contributed by atoms with Crippen LogP contribution in [0.25, 0.3) is 0 Å². The monoisotopic (exact) mass is 399 g/mol. The fraction of sp³-hybridized carbons (Fsp3) is 0.300. The van der Waals surface area contributed by atoms with Gasteiger partial charge in [-0.3, -0.25) is 14.9 Å². The summed E-state index contributed by atoms with van der Waals surface area (Å²) in [5.74, 6) is 1.35. The van der Waals surface area contributed by atoms with Gasteiger partial charge in [0.2, 0.25) is 6.41 Å². The van der Waals surface area contributed by atoms with Gasteiger partial charge in [-0.05, 0) is 11.6 Å². The van der Waals surface area contributed by atoms with Gasteiger partial charge in [-0.15, -0.1) is 0 Å². The maximum atomic E-state index is 10.9. The predicted octanol–water partition coefficient (Wildman–Crippen LogP) is 2.67. The average molecular weight is 399 g/mol. The Hall–Kier alpha value is -3.62. The summed E-state index contributed by atoms with van der Waals surface area (Å²) in [5, 5.41) is 17.1. The summed E-state index contributed by atoms with van der Waals surface area (Å²) in [6.45, 7) is 3.95. The summed E-state index contributed by atoms with van der Waals surface area (Å²) in [6.07, 6.45) is 1.33. The lowest BCUT2D eigenvalue weighted by Gasteiger charge is -2.31. The molecule has 9 nitrogen and oxygen atoms in total. The maximum Gasteiger partial charge on any atom is 0.271 e. The zero-order chi connectivity index (χ0) is 21.1. The average Bonchev–Trinajstić information content (AvgIpc) is 2.74. The van der Waals surface area contributed by atoms with Gasteiger partial charge in [0.15, 0.2) is 0 Å². The van der Waals surface area contributed by atoms with Crippen LogP contribution in [0, 0.1) is 10.1 Å². The van der Waals surface area contributed by atoms with Crippen molar-refractivity contribution < 1.29 is 14.5 Å². The van der Waals surface area contributed by atoms with E-state index >= 15 is 0 Å². The second-order valence-corrected chi connectivity index (χ2v) is 6.06. The molecular formula is C20H25N5O4. The molecule has 1 amide bonds. The molecule has 0 saturated carbocycles. The third kappa shape index (κ3) is 6.49. The van der Waals surface area contributed by atoms with E-state index in [0.717, 1.165) is 25.2 Å². The normalized spacial score (nSPS) is 12.6. The van der Waals surface area contributed by atoms with Crippen molar-refractivity contribution in [3.8, 4) is 5.75 Å². The number of carbonyl (C=O) groups is 1. The summed E-state index contributed by atoms with van der Waals surface area (Å²) < 4.78 is 5.56. The Labute approximate surface area is 169 Å². The number of nitrogens with one attached hydrogen (secondary N) is 2. The first-order valence-electron chi connectivity index (χ1n) is 9.22. The molecule has 2 aromatic carbocycles. The molecule has 0 unspecified atom stereocenters. The van der Waals surface area contributed by atoms with E-state index in [1.54, 1.807) is 19.2 Å². The van der Waals surface area contributed by atoms with Crippen LogP contribution in [0.4, 0.5) is 11.4 Å². The van der Waals surface area contributed by atoms with E-state index in [9.17, 15) is 14.9 Å². The van der Waals surface area contributed by atoms with Crippen LogP contribution in [0.15, 0.2) is 53.6 Å². The van der Waals surface area contributed by atoms with Crippen LogP contribution in [0.3, 0.4) is 0 Å². The van der Waals surface area contributed by atoms with E-state index in [2.05, 4.69) is 20.7 Å². The van der Waals surface area contributed by atoms with Crippen LogP contribution in [-0.4, -0.2) is 37.4 Å². The Morgan fingerprint density at radius 3 is 2.69 bits per heavy atom. The quantitative estimate of drug-likeness (QED) is 0.254. The number of amides is 1. The molecule has 1 aliphatic heterocycles. The standard InChI is InChI=1S/C15H14N2O3.C5H11N3O/c18-17(19)13-6-7-15-14(10-13)16(8-9-20-15)11-12-4-2-1-3-5-12;1-3-5(7-4-9)8-6-2/h1-7,10H,8-9,11H2;4,6H,3H2,1-2H3,(H,7,8,9). The minimum atomic E-state index is -0.379. The Morgan fingerprint density at radius 1 is 1.31 bits per heavy atom. The summed E-state index contributed by atoms with van der Waals surface area (Å²) in [5.41, 5.74) is 4.62. The van der Waals surface area contributed by atoms with Gasteiger partial charge in [-0.2, -0.15) is 5.10 Å². The van der Waals surface area contributed by atoms with Gasteiger partial charge in [0, 0.05) is 32.1 Å². The molecule has 0 aliphatic carbocycles. The fourth-order valence-electron chi connectivity index (χ4n) is 2.76. The zero-order valence-electron chi connectivity index (χ0n) is 16.5. The highest BCUT2D eigenvalue weighted by Crippen LogP contribution is 2.35. The fourth-order valence-corrected chi connectivity index (χ4v) is 2.76. The molecule has 0 atom stereocenters. The molecule has 2 N–H and O–H groups in total. The molecular weight excluding hydrogens is 374 g/mol. The number of hydrogen-bond donors (Lipinski definition) is 2. The number of hydrogen-bond acceptors (Lipinski definition) is 7. The largest absolute Gasteiger partial charge is 0.490 e. The SMILES string of the molecule is CC/C(=N/NC)NC=O.O=[N+]([O-])c1ccc2c(c1)N(Cc1ccccc1)CCO2. The van der Waals surface area contributed by atoms with E-state index < -0.39 is 0 Å². The van der Waals surface area contributed by atoms with Gasteiger partial charge in [0.25, 0.3) is 5.69 Å². The van der Waals surface area contributed by atoms with Crippen LogP contribution < -0.4 is 20.4 Å². The number of carbonyl (C=O) groups excluding carboxylic acids is 1. The summed E-state index contributed by atoms with van der Waals surface area (Å²) in [7, 11) is 1.68. The predicted molar refractivity (Wildman–Crippen MR) is 112 cm³/mol. The van der Waals surface area contributed by atoms with Crippen LogP contribution in [0.2, 0.25) is 0 Å². The third-order valence-electron chi connectivity index (χ3n) is 4.14. The van der Waals surface area contributed by atoms with Gasteiger partial charge >= 0.3 is 0 Å². The van der Waals surface area contributed by atoms with Crippen LogP contribution in [0.5, 0.6) is 5.75 Å². The number of non-ortho nitro benzene ring substituents is 1. The number of rotatable bonds is 6. The van der Waals surface area contributed by atoms with Crippen molar-refractivity contribution in [1.82, 2.24) is 10.7 Å². The van der Waals surface area contributed by atoms with E-state index in [1.165, 1.54) is 11.6 Å². The number of nitrogens with zero attached hydrogens (tertiary/aromatic N) is 3. The minimum Gasteiger partial charge on any atom is -0.490 e. The molecule has 0 fully saturated rings. The number of amidine groups is 1. The second-order valence-electron chi connectivity index (χ2n) is 6.06. The summed E-state index contributed by atoms with van der Waals surface area (Å²) >= 11 is 0. The van der Waals surface area contributed by atoms with Gasteiger partial charge in [0.05, 0.1) is 17.2 Å². The number of anilines is 1. The van der Waals surface area contributed by atoms with Crippen molar-refractivity contribution in [3.63, 3.8) is 0 Å². The van der Waals surface area contributed by atoms with Gasteiger partial charge in [0.1, 0.15) is 18.2 Å². The number of nitro benzene ring substituents is 1. The number of ether oxygens (including phenoxy) is 1. The van der Waals surface area contributed by atoms with Crippen LogP contribution in [0.1, 0.15) is 18.9 Å². The van der Waals surface area contributed by atoms with Crippen molar-refractivity contribution in [2.24, 2.45) is 5.10 Å². The van der Waals surface area contributed by atoms with E-state index in [1.807, 2.05) is 37.3 Å². The number of fused-ring (bicyclic) bond motifs is 1. The third-order valence-corrected chi connectivity index (χ3v) is 4.14. The van der Waals surface area contributed by atoms with Gasteiger partial charge < -0.3 is 20.4 Å². The van der Waals surface area contributed by atoms with Crippen molar-refractivity contribution in [1.29, 1.82) is 0 Å². The molecule has 3 rings (SSSR count). The minimum absolute atomic E-state index is 0.0901. The van der Waals surface area contributed by atoms with Crippen molar-refractivity contribution >= 4 is 23.6 Å². The Kier molecular flexibility index (Phi) is 8.43. The van der Waals surface area contributed by atoms with Gasteiger partial charge in [-0.1, -0.05) is 37.3 Å². The smallest absolute Gasteiger partial charge is 0.271 e. The Bertz CT molecular complexity index is 842. The second kappa shape index (κ2) is 11.3. The van der Waals surface area contributed by atoms with Crippen molar-refractivity contribution in [3.05, 3.63) is 64.2 Å². The highest BCUT2D eigenvalue weighted by molar-refractivity contribution is 5.89. The highest BCUT2D eigenvalue weighted by Gasteiger charge is 2.21. The molecule has 0 spiro atoms. The van der Waals surface area contributed by atoms with Crippen LogP contribution in [-0.2, 0) is 11.3 Å². The van der Waals surface area contributed by atoms with Crippen molar-refractivity contribution in [2.45, 2.75) is 19.9 Å². The Balaban J connectivity index is 0.000000284. The lowest BCUT2D eigenvalue weighted by atomic mass is 10.1. The van der Waals surface area contributed by atoms with Crippen LogP contribution >= 0.6 is 0 Å².